The van der Waals surface area contributed by atoms with Crippen LogP contribution in [0.25, 0.3) is 11.3 Å². The van der Waals surface area contributed by atoms with E-state index in [1.165, 1.54) is 6.39 Å². The smallest absolute Gasteiger partial charge is 0.254 e. The highest BCUT2D eigenvalue weighted by Gasteiger charge is 2.28. The van der Waals surface area contributed by atoms with E-state index in [0.29, 0.717) is 24.4 Å². The molecular formula is C16H17N3O3. The number of benzene rings is 1. The lowest BCUT2D eigenvalue weighted by Crippen LogP contribution is -2.45. The topological polar surface area (TPSA) is 75.4 Å². The van der Waals surface area contributed by atoms with E-state index >= 15 is 0 Å². The lowest BCUT2D eigenvalue weighted by molar-refractivity contribution is -0.124. The highest BCUT2D eigenvalue weighted by Crippen LogP contribution is 2.20. The fraction of sp³-hybridized carbons (Fsp3) is 0.312. The molecule has 22 heavy (non-hydrogen) atoms. The fourth-order valence-electron chi connectivity index (χ4n) is 2.52. The van der Waals surface area contributed by atoms with Gasteiger partial charge in [0.2, 0.25) is 5.91 Å². The molecule has 1 unspecified atom stereocenters. The van der Waals surface area contributed by atoms with Crippen LogP contribution in [0.1, 0.15) is 23.7 Å². The van der Waals surface area contributed by atoms with E-state index < -0.39 is 6.04 Å². The molecule has 114 valence electrons. The third-order valence-electron chi connectivity index (χ3n) is 3.83. The molecule has 1 aromatic carbocycles. The van der Waals surface area contributed by atoms with Gasteiger partial charge in [0, 0.05) is 24.2 Å². The van der Waals surface area contributed by atoms with Gasteiger partial charge in [-0.15, -0.1) is 0 Å². The lowest BCUT2D eigenvalue weighted by Gasteiger charge is -2.25. The van der Waals surface area contributed by atoms with Crippen LogP contribution in [0.15, 0.2) is 41.3 Å². The van der Waals surface area contributed by atoms with Crippen LogP contribution in [0, 0.1) is 0 Å². The summed E-state index contributed by atoms with van der Waals surface area (Å²) in [5.74, 6) is 0.416. The second kappa shape index (κ2) is 6.01. The molecule has 6 heteroatoms. The third kappa shape index (κ3) is 2.72. The number of rotatable bonds is 2. The minimum atomic E-state index is -0.455. The van der Waals surface area contributed by atoms with E-state index in [-0.39, 0.29) is 11.8 Å². The molecule has 1 fully saturated rings. The second-order valence-corrected chi connectivity index (χ2v) is 5.26. The minimum absolute atomic E-state index is 0.107. The SMILES string of the molecule is CC1C(=O)NCCCN1C(=O)c1ccc(-c2cnco2)cc1. The van der Waals surface area contributed by atoms with Gasteiger partial charge in [-0.05, 0) is 25.5 Å². The van der Waals surface area contributed by atoms with Gasteiger partial charge in [-0.2, -0.15) is 0 Å². The molecule has 1 atom stereocenters. The van der Waals surface area contributed by atoms with Crippen molar-refractivity contribution in [3.8, 4) is 11.3 Å². The molecule has 2 aromatic rings. The molecule has 0 radical (unpaired) electrons. The number of nitrogens with one attached hydrogen (secondary N) is 1. The second-order valence-electron chi connectivity index (χ2n) is 5.26. The predicted octanol–water partition coefficient (Wildman–Crippen LogP) is 1.69. The number of aromatic nitrogens is 1. The molecule has 2 heterocycles. The number of carbonyl (C=O) groups excluding carboxylic acids is 2. The Kier molecular flexibility index (Phi) is 3.91. The van der Waals surface area contributed by atoms with E-state index in [1.54, 1.807) is 30.2 Å². The Morgan fingerprint density at radius 1 is 1.36 bits per heavy atom. The Balaban J connectivity index is 1.81. The lowest BCUT2D eigenvalue weighted by atomic mass is 10.1. The van der Waals surface area contributed by atoms with Crippen molar-refractivity contribution in [2.75, 3.05) is 13.1 Å². The van der Waals surface area contributed by atoms with Crippen molar-refractivity contribution in [2.45, 2.75) is 19.4 Å². The van der Waals surface area contributed by atoms with Gasteiger partial charge >= 0.3 is 0 Å². The van der Waals surface area contributed by atoms with Crippen LogP contribution < -0.4 is 5.32 Å². The molecule has 0 bridgehead atoms. The number of hydrogen-bond acceptors (Lipinski definition) is 4. The average molecular weight is 299 g/mol. The summed E-state index contributed by atoms with van der Waals surface area (Å²) in [5, 5.41) is 2.81. The number of hydrogen-bond donors (Lipinski definition) is 1. The first-order chi connectivity index (χ1) is 10.7. The number of oxazole rings is 1. The largest absolute Gasteiger partial charge is 0.444 e. The van der Waals surface area contributed by atoms with Gasteiger partial charge in [-0.3, -0.25) is 9.59 Å². The van der Waals surface area contributed by atoms with Crippen molar-refractivity contribution < 1.29 is 14.0 Å². The molecule has 1 saturated heterocycles. The quantitative estimate of drug-likeness (QED) is 0.915. The van der Waals surface area contributed by atoms with Gasteiger partial charge in [0.25, 0.3) is 5.91 Å². The maximum absolute atomic E-state index is 12.6. The molecule has 2 amide bonds. The number of nitrogens with zero attached hydrogens (tertiary/aromatic N) is 2. The average Bonchev–Trinajstić information content (AvgIpc) is 3.02. The Morgan fingerprint density at radius 3 is 2.82 bits per heavy atom. The van der Waals surface area contributed by atoms with Crippen LogP contribution in [-0.4, -0.2) is 40.8 Å². The molecule has 1 aliphatic rings. The van der Waals surface area contributed by atoms with Crippen molar-refractivity contribution >= 4 is 11.8 Å². The zero-order valence-electron chi connectivity index (χ0n) is 12.3. The van der Waals surface area contributed by atoms with E-state index in [0.717, 1.165) is 12.0 Å². The van der Waals surface area contributed by atoms with Crippen molar-refractivity contribution in [2.24, 2.45) is 0 Å². The number of carbonyl (C=O) groups is 2. The van der Waals surface area contributed by atoms with E-state index in [4.69, 9.17) is 4.42 Å². The summed E-state index contributed by atoms with van der Waals surface area (Å²) in [6.45, 7) is 2.93. The molecule has 0 aliphatic carbocycles. The summed E-state index contributed by atoms with van der Waals surface area (Å²) in [5.41, 5.74) is 1.42. The van der Waals surface area contributed by atoms with Crippen molar-refractivity contribution in [1.82, 2.24) is 15.2 Å². The normalized spacial score (nSPS) is 18.7. The van der Waals surface area contributed by atoms with Gasteiger partial charge in [0.15, 0.2) is 12.2 Å². The summed E-state index contributed by atoms with van der Waals surface area (Å²) < 4.78 is 5.22. The van der Waals surface area contributed by atoms with E-state index in [1.807, 2.05) is 12.1 Å². The van der Waals surface area contributed by atoms with Crippen LogP contribution in [0.2, 0.25) is 0 Å². The number of amides is 2. The van der Waals surface area contributed by atoms with Crippen LogP contribution in [0.4, 0.5) is 0 Å². The molecule has 1 aromatic heterocycles. The van der Waals surface area contributed by atoms with Crippen LogP contribution in [-0.2, 0) is 4.79 Å². The van der Waals surface area contributed by atoms with E-state index in [9.17, 15) is 9.59 Å². The monoisotopic (exact) mass is 299 g/mol. The summed E-state index contributed by atoms with van der Waals surface area (Å²) in [6, 6.07) is 6.67. The molecule has 1 aliphatic heterocycles. The Labute approximate surface area is 128 Å². The van der Waals surface area contributed by atoms with Crippen molar-refractivity contribution in [3.63, 3.8) is 0 Å². The van der Waals surface area contributed by atoms with Gasteiger partial charge in [0.1, 0.15) is 6.04 Å². The molecule has 0 saturated carbocycles. The Morgan fingerprint density at radius 2 is 2.14 bits per heavy atom. The summed E-state index contributed by atoms with van der Waals surface area (Å²) in [4.78, 5) is 30.0. The van der Waals surface area contributed by atoms with Gasteiger partial charge in [-0.1, -0.05) is 12.1 Å². The zero-order chi connectivity index (χ0) is 15.5. The van der Waals surface area contributed by atoms with Crippen molar-refractivity contribution in [1.29, 1.82) is 0 Å². The first kappa shape index (κ1) is 14.3. The third-order valence-corrected chi connectivity index (χ3v) is 3.83. The molecule has 0 spiro atoms. The summed E-state index contributed by atoms with van der Waals surface area (Å²) in [7, 11) is 0. The fourth-order valence-corrected chi connectivity index (χ4v) is 2.52. The van der Waals surface area contributed by atoms with Crippen LogP contribution in [0.3, 0.4) is 0 Å². The highest BCUT2D eigenvalue weighted by molar-refractivity contribution is 5.98. The summed E-state index contributed by atoms with van der Waals surface area (Å²) >= 11 is 0. The maximum atomic E-state index is 12.6. The predicted molar refractivity (Wildman–Crippen MR) is 80.1 cm³/mol. The zero-order valence-corrected chi connectivity index (χ0v) is 12.3. The van der Waals surface area contributed by atoms with Gasteiger partial charge in [-0.25, -0.2) is 4.98 Å². The molecular weight excluding hydrogens is 282 g/mol. The maximum Gasteiger partial charge on any atom is 0.254 e. The minimum Gasteiger partial charge on any atom is -0.444 e. The molecule has 1 N–H and O–H groups in total. The molecule has 3 rings (SSSR count). The first-order valence-electron chi connectivity index (χ1n) is 7.24. The van der Waals surface area contributed by atoms with Crippen molar-refractivity contribution in [3.05, 3.63) is 42.4 Å². The Bertz CT molecular complexity index is 664. The van der Waals surface area contributed by atoms with Gasteiger partial charge in [0.05, 0.1) is 6.20 Å². The summed E-state index contributed by atoms with van der Waals surface area (Å²) in [6.07, 6.45) is 3.75. The Hall–Kier alpha value is -2.63. The molecule has 6 nitrogen and oxygen atoms in total. The van der Waals surface area contributed by atoms with Crippen LogP contribution >= 0.6 is 0 Å². The van der Waals surface area contributed by atoms with E-state index in [2.05, 4.69) is 10.3 Å². The highest BCUT2D eigenvalue weighted by atomic mass is 16.3. The first-order valence-corrected chi connectivity index (χ1v) is 7.24. The van der Waals surface area contributed by atoms with Crippen LogP contribution in [0.5, 0.6) is 0 Å². The van der Waals surface area contributed by atoms with Gasteiger partial charge < -0.3 is 14.6 Å². The standard InChI is InChI=1S/C16H17N3O3/c1-11-15(20)18-7-2-8-19(11)16(21)13-5-3-12(4-6-13)14-9-17-10-22-14/h3-6,9-11H,2,7-8H2,1H3,(H,18,20).